The van der Waals surface area contributed by atoms with E-state index in [9.17, 15) is 9.90 Å². The van der Waals surface area contributed by atoms with Crippen LogP contribution in [0.3, 0.4) is 0 Å². The van der Waals surface area contributed by atoms with Gasteiger partial charge in [0.1, 0.15) is 5.82 Å². The number of aryl methyl sites for hydroxylation is 2. The zero-order chi connectivity index (χ0) is 26.0. The summed E-state index contributed by atoms with van der Waals surface area (Å²) in [6.45, 7) is 3.76. The number of carboxylic acid groups (broad SMARTS) is 1. The number of aromatic nitrogens is 5. The third-order valence-electron chi connectivity index (χ3n) is 8.53. The molecule has 0 atom stereocenters. The fraction of sp³-hybridized carbons (Fsp3) is 0.333. The van der Waals surface area contributed by atoms with Crippen LogP contribution in [0.2, 0.25) is 0 Å². The molecular formula is C30H30N6O2. The fourth-order valence-corrected chi connectivity index (χ4v) is 6.01. The van der Waals surface area contributed by atoms with Gasteiger partial charge in [0, 0.05) is 48.4 Å². The maximum absolute atomic E-state index is 11.8. The molecule has 0 amide bonds. The van der Waals surface area contributed by atoms with Crippen molar-refractivity contribution < 1.29 is 9.90 Å². The molecule has 1 spiro atoms. The van der Waals surface area contributed by atoms with Crippen LogP contribution in [-0.4, -0.2) is 48.5 Å². The molecule has 0 radical (unpaired) electrons. The molecule has 1 aliphatic heterocycles. The highest BCUT2D eigenvalue weighted by molar-refractivity contribution is 5.85. The van der Waals surface area contributed by atoms with E-state index in [-0.39, 0.29) is 6.42 Å². The molecule has 2 fully saturated rings. The maximum Gasteiger partial charge on any atom is 0.308 e. The second kappa shape index (κ2) is 8.41. The number of carbonyl (C=O) groups is 1. The normalized spacial score (nSPS) is 16.5. The van der Waals surface area contributed by atoms with Gasteiger partial charge in [0.2, 0.25) is 0 Å². The largest absolute Gasteiger partial charge is 0.481 e. The minimum absolute atomic E-state index is 0.0626. The van der Waals surface area contributed by atoms with E-state index in [1.807, 2.05) is 35.4 Å². The van der Waals surface area contributed by atoms with Crippen LogP contribution in [0, 0.1) is 12.3 Å². The summed E-state index contributed by atoms with van der Waals surface area (Å²) in [5, 5.41) is 20.2. The third-order valence-corrected chi connectivity index (χ3v) is 8.53. The highest BCUT2D eigenvalue weighted by atomic mass is 16.4. The summed E-state index contributed by atoms with van der Waals surface area (Å²) in [4.78, 5) is 18.9. The van der Waals surface area contributed by atoms with Gasteiger partial charge in [-0.3, -0.25) is 9.48 Å². The van der Waals surface area contributed by atoms with Gasteiger partial charge in [-0.15, -0.1) is 0 Å². The van der Waals surface area contributed by atoms with Gasteiger partial charge in [-0.05, 0) is 61.3 Å². The van der Waals surface area contributed by atoms with E-state index >= 15 is 0 Å². The van der Waals surface area contributed by atoms with Crippen molar-refractivity contribution in [3.63, 3.8) is 0 Å². The van der Waals surface area contributed by atoms with E-state index in [4.69, 9.17) is 10.1 Å². The Bertz CT molecular complexity index is 1720. The third kappa shape index (κ3) is 3.83. The smallest absolute Gasteiger partial charge is 0.308 e. The van der Waals surface area contributed by atoms with Crippen LogP contribution in [0.5, 0.6) is 0 Å². The van der Waals surface area contributed by atoms with Crippen LogP contribution in [-0.2, 0) is 18.3 Å². The van der Waals surface area contributed by atoms with Crippen molar-refractivity contribution in [1.29, 1.82) is 0 Å². The summed E-state index contributed by atoms with van der Waals surface area (Å²) >= 11 is 0. The first-order chi connectivity index (χ1) is 18.4. The lowest BCUT2D eigenvalue weighted by molar-refractivity contribution is -0.136. The number of benzene rings is 2. The first-order valence-corrected chi connectivity index (χ1v) is 13.3. The average molecular weight is 507 g/mol. The highest BCUT2D eigenvalue weighted by Crippen LogP contribution is 2.54. The van der Waals surface area contributed by atoms with Crippen LogP contribution < -0.4 is 4.90 Å². The zero-order valence-corrected chi connectivity index (χ0v) is 21.7. The second-order valence-corrected chi connectivity index (χ2v) is 11.0. The van der Waals surface area contributed by atoms with Crippen LogP contribution in [0.15, 0.2) is 54.7 Å². The molecule has 0 unspecified atom stereocenters. The standard InChI is InChI=1S/C30H30N6O2/c1-19-24(16-28(37)38)29(35-12-10-30(8-9-30)11-13-35)36-27(32-19)17-25(33-36)22-5-3-4-20(14-22)21-6-7-23-18-31-34(2)26(23)15-21/h3-7,14-15,17-18H,8-13,16H2,1-2H3,(H,37,38). The Kier molecular flexibility index (Phi) is 5.08. The molecule has 3 aromatic heterocycles. The van der Waals surface area contributed by atoms with Crippen molar-refractivity contribution in [2.24, 2.45) is 12.5 Å². The summed E-state index contributed by atoms with van der Waals surface area (Å²) in [6.07, 6.45) is 6.77. The van der Waals surface area contributed by atoms with Gasteiger partial charge in [-0.1, -0.05) is 30.3 Å². The maximum atomic E-state index is 11.8. The Hall–Kier alpha value is -4.20. The van der Waals surface area contributed by atoms with E-state index < -0.39 is 5.97 Å². The second-order valence-electron chi connectivity index (χ2n) is 11.0. The first-order valence-electron chi connectivity index (χ1n) is 13.3. The van der Waals surface area contributed by atoms with Crippen LogP contribution >= 0.6 is 0 Å². The van der Waals surface area contributed by atoms with Gasteiger partial charge in [-0.2, -0.15) is 14.7 Å². The SMILES string of the molecule is Cc1nc2cc(-c3cccc(-c4ccc5cnn(C)c5c4)c3)nn2c(N2CCC3(CC2)CC3)c1CC(=O)O. The lowest BCUT2D eigenvalue weighted by atomic mass is 9.93. The van der Waals surface area contributed by atoms with Crippen molar-refractivity contribution in [2.45, 2.75) is 39.0 Å². The van der Waals surface area contributed by atoms with Crippen molar-refractivity contribution in [1.82, 2.24) is 24.4 Å². The topological polar surface area (TPSA) is 88.6 Å². The molecule has 2 aromatic carbocycles. The summed E-state index contributed by atoms with van der Waals surface area (Å²) in [6, 6.07) is 16.8. The van der Waals surface area contributed by atoms with Crippen molar-refractivity contribution in [3.8, 4) is 22.4 Å². The molecule has 8 nitrogen and oxygen atoms in total. The monoisotopic (exact) mass is 506 g/mol. The number of rotatable bonds is 5. The molecule has 8 heteroatoms. The predicted octanol–water partition coefficient (Wildman–Crippen LogP) is 5.27. The molecule has 192 valence electrons. The minimum Gasteiger partial charge on any atom is -0.481 e. The molecule has 1 N–H and O–H groups in total. The average Bonchev–Trinajstić information content (AvgIpc) is 3.36. The molecule has 5 aromatic rings. The summed E-state index contributed by atoms with van der Waals surface area (Å²) in [5.41, 5.74) is 7.91. The number of carboxylic acids is 1. The Labute approximate surface area is 220 Å². The van der Waals surface area contributed by atoms with E-state index in [0.717, 1.165) is 81.9 Å². The fourth-order valence-electron chi connectivity index (χ4n) is 6.01. The number of nitrogens with zero attached hydrogens (tertiary/aromatic N) is 6. The molecule has 7 rings (SSSR count). The molecule has 2 aliphatic rings. The quantitative estimate of drug-likeness (QED) is 0.350. The molecular weight excluding hydrogens is 476 g/mol. The number of fused-ring (bicyclic) bond motifs is 2. The van der Waals surface area contributed by atoms with Gasteiger partial charge >= 0.3 is 5.97 Å². The number of anilines is 1. The van der Waals surface area contributed by atoms with Gasteiger partial charge in [-0.25, -0.2) is 4.98 Å². The zero-order valence-electron chi connectivity index (χ0n) is 21.7. The molecule has 1 saturated carbocycles. The number of hydrogen-bond donors (Lipinski definition) is 1. The summed E-state index contributed by atoms with van der Waals surface area (Å²) in [7, 11) is 1.96. The van der Waals surface area contributed by atoms with E-state index in [0.29, 0.717) is 5.41 Å². The van der Waals surface area contributed by atoms with Gasteiger partial charge < -0.3 is 10.0 Å². The van der Waals surface area contributed by atoms with Crippen LogP contribution in [0.4, 0.5) is 5.82 Å². The summed E-state index contributed by atoms with van der Waals surface area (Å²) < 4.78 is 3.76. The van der Waals surface area contributed by atoms with Gasteiger partial charge in [0.05, 0.1) is 23.8 Å². The Morgan fingerprint density at radius 3 is 2.53 bits per heavy atom. The molecule has 0 bridgehead atoms. The predicted molar refractivity (Wildman–Crippen MR) is 147 cm³/mol. The van der Waals surface area contributed by atoms with Crippen LogP contribution in [0.25, 0.3) is 38.9 Å². The van der Waals surface area contributed by atoms with E-state index in [1.54, 1.807) is 0 Å². The number of hydrogen-bond acceptors (Lipinski definition) is 5. The molecule has 4 heterocycles. The van der Waals surface area contributed by atoms with Gasteiger partial charge in [0.15, 0.2) is 5.65 Å². The molecule has 38 heavy (non-hydrogen) atoms. The Morgan fingerprint density at radius 2 is 1.76 bits per heavy atom. The van der Waals surface area contributed by atoms with Crippen LogP contribution in [0.1, 0.15) is 36.9 Å². The highest BCUT2D eigenvalue weighted by Gasteiger charge is 2.45. The number of piperidine rings is 1. The van der Waals surface area contributed by atoms with Crippen molar-refractivity contribution >= 4 is 28.3 Å². The molecule has 1 aliphatic carbocycles. The minimum atomic E-state index is -0.850. The lowest BCUT2D eigenvalue weighted by Gasteiger charge is -2.35. The van der Waals surface area contributed by atoms with Gasteiger partial charge in [0.25, 0.3) is 0 Å². The Balaban J connectivity index is 1.32. The van der Waals surface area contributed by atoms with Crippen molar-refractivity contribution in [2.75, 3.05) is 18.0 Å². The molecule has 1 saturated heterocycles. The van der Waals surface area contributed by atoms with Crippen molar-refractivity contribution in [3.05, 3.63) is 66.0 Å². The van der Waals surface area contributed by atoms with E-state index in [2.05, 4.69) is 52.5 Å². The lowest BCUT2D eigenvalue weighted by Crippen LogP contribution is -2.37. The number of aliphatic carboxylic acids is 1. The van der Waals surface area contributed by atoms with E-state index in [1.165, 1.54) is 12.8 Å². The summed E-state index contributed by atoms with van der Waals surface area (Å²) in [5.74, 6) is 0.0334. The Morgan fingerprint density at radius 1 is 1.00 bits per heavy atom. The first kappa shape index (κ1) is 23.0.